The van der Waals surface area contributed by atoms with E-state index in [1.807, 2.05) is 11.3 Å². The molecule has 0 radical (unpaired) electrons. The molecule has 1 saturated heterocycles. The molecule has 21 aliphatic rings. The molecule has 136 heavy (non-hydrogen) atoms. The van der Waals surface area contributed by atoms with Crippen LogP contribution >= 0.6 is 11.3 Å². The van der Waals surface area contributed by atoms with Crippen molar-refractivity contribution in [2.45, 2.75) is 493 Å². The van der Waals surface area contributed by atoms with E-state index in [2.05, 4.69) is 249 Å². The van der Waals surface area contributed by atoms with E-state index in [0.29, 0.717) is 28.7 Å². The number of fused-ring (bicyclic) bond motifs is 16. The first-order chi connectivity index (χ1) is 63.9. The van der Waals surface area contributed by atoms with Crippen LogP contribution in [0.4, 0.5) is 0 Å². The van der Waals surface area contributed by atoms with Crippen molar-refractivity contribution in [3.05, 3.63) is 87.1 Å². The Labute approximate surface area is 839 Å². The number of amides is 2. The van der Waals surface area contributed by atoms with Crippen LogP contribution in [-0.4, -0.2) is 89.5 Å². The smallest absolute Gasteiger partial charge is 0.226 e. The maximum atomic E-state index is 12.5. The van der Waals surface area contributed by atoms with E-state index >= 15 is 0 Å². The number of aliphatic hydroxyl groups is 2. The number of aromatic nitrogens is 5. The van der Waals surface area contributed by atoms with Gasteiger partial charge in [-0.1, -0.05) is 190 Å². The van der Waals surface area contributed by atoms with Gasteiger partial charge in [-0.25, -0.2) is 9.97 Å². The Kier molecular flexibility index (Phi) is 37.3. The zero-order valence-corrected chi connectivity index (χ0v) is 93.9. The number of aromatic amines is 1. The van der Waals surface area contributed by atoms with Gasteiger partial charge in [0.05, 0.1) is 21.9 Å². The van der Waals surface area contributed by atoms with Crippen molar-refractivity contribution in [2.75, 3.05) is 26.7 Å². The molecular weight excluding hydrogens is 1690 g/mol. The van der Waals surface area contributed by atoms with Crippen molar-refractivity contribution in [3.8, 4) is 0 Å². The second-order valence-electron chi connectivity index (χ2n) is 55.4. The van der Waals surface area contributed by atoms with Gasteiger partial charge in [0.1, 0.15) is 12.2 Å². The highest BCUT2D eigenvalue weighted by Gasteiger charge is 2.60. The first-order valence-electron chi connectivity index (χ1n) is 57.6. The first kappa shape index (κ1) is 111. The molecule has 2 aliphatic heterocycles. The van der Waals surface area contributed by atoms with Gasteiger partial charge in [-0.05, 0) is 477 Å². The molecule has 13 heteroatoms. The lowest BCUT2D eigenvalue weighted by molar-refractivity contribution is -0.177. The van der Waals surface area contributed by atoms with Crippen LogP contribution in [0.3, 0.4) is 0 Å². The van der Waals surface area contributed by atoms with Gasteiger partial charge in [0.25, 0.3) is 0 Å². The summed E-state index contributed by atoms with van der Waals surface area (Å²) in [6, 6.07) is 13.1. The highest BCUT2D eigenvalue weighted by Crippen LogP contribution is 2.68. The summed E-state index contributed by atoms with van der Waals surface area (Å²) in [5.41, 5.74) is 10.8. The average Bonchev–Trinajstić information content (AvgIpc) is 1.06. The van der Waals surface area contributed by atoms with Crippen LogP contribution in [0.2, 0.25) is 0 Å². The van der Waals surface area contributed by atoms with Crippen molar-refractivity contribution in [1.82, 2.24) is 40.3 Å². The number of piperidine rings is 1. The highest BCUT2D eigenvalue weighted by atomic mass is 32.1. The standard InChI is InChI=1S/C16H29NO2.C15H23N.C13H23NO.C13H22O.C12H22.C11H17NS.C11H17N.2C11H20.C10H17N3/c1-12(2)15-5-8-16(9-6-15,10-7-15)13(18)17-11-14(3,4)19;1-13(2)15-8-10-16(11-9-15)12-14-6-4-3-5-7-14;1-10(2)12-4-7-13(8-5-12,9-6-12)11(15)14-3;1-9(2)12-4-10-3-11(5-12)7-13(14,6-10)8-12;1-10(2)12-7-4-11(3,5-8-12)6-9-12;1-7(2)9-4-5-10-11(6-9)13-8(3)12-10;1-8(2)9-3-4-11-10(7-9)5-6-12-11;2*1-9(2)11-6-4-10(3,8-11)5-7-11;1-8(2)9-3-4-10-11-7-12-13(10)6-5-9/h12,19H,5-11H2,1-4H3,(H,17,18);3-7,13,15H,8-12H2,1-2H3;10H,4-9H2,1-3H3,(H,14,15);9-11,14H,3-8H2,1-2H3;10H,4-9H2,1-3H3;7,9H,4-6H2,1-3H3;5-6,8-9,12H,3-4,7H2,1-2H3;2*9H,4-8H2,1-3H3;7-9H,3-6H2,1-2H3. The zero-order valence-electron chi connectivity index (χ0n) is 93.1. The lowest BCUT2D eigenvalue weighted by atomic mass is 9.45. The third-order valence-electron chi connectivity index (χ3n) is 43.1. The first-order valence-corrected chi connectivity index (χ1v) is 58.4. The summed E-state index contributed by atoms with van der Waals surface area (Å²) >= 11 is 1.90. The van der Waals surface area contributed by atoms with E-state index in [-0.39, 0.29) is 22.3 Å². The molecule has 5 heterocycles. The summed E-state index contributed by atoms with van der Waals surface area (Å²) in [7, 11) is 1.77. The third kappa shape index (κ3) is 27.1. The van der Waals surface area contributed by atoms with E-state index < -0.39 is 5.60 Å². The molecular formula is C123H210N8O4S. The number of nitrogens with one attached hydrogen (secondary N) is 3. The summed E-state index contributed by atoms with van der Waals surface area (Å²) in [6.45, 7) is 65.4. The maximum Gasteiger partial charge on any atom is 0.226 e. The Morgan fingerprint density at radius 3 is 1.31 bits per heavy atom. The summed E-state index contributed by atoms with van der Waals surface area (Å²) in [5, 5.41) is 31.5. The van der Waals surface area contributed by atoms with Crippen LogP contribution in [0.15, 0.2) is 48.9 Å². The van der Waals surface area contributed by atoms with Gasteiger partial charge in [-0.15, -0.1) is 11.3 Å². The van der Waals surface area contributed by atoms with Gasteiger partial charge in [-0.3, -0.25) is 19.2 Å². The summed E-state index contributed by atoms with van der Waals surface area (Å²) < 4.78 is 2.06. The fraction of sp³-hybridized carbons (Fsp3) is 0.862. The Hall–Kier alpha value is -3.91. The van der Waals surface area contributed by atoms with Gasteiger partial charge < -0.3 is 25.8 Å². The summed E-state index contributed by atoms with van der Waals surface area (Å²) in [6.07, 6.45) is 63.4. The number of carbonyl (C=O) groups is 2. The Morgan fingerprint density at radius 2 is 0.890 bits per heavy atom. The molecule has 5 atom stereocenters. The molecule has 0 spiro atoms. The van der Waals surface area contributed by atoms with E-state index in [1.165, 1.54) is 266 Å². The van der Waals surface area contributed by atoms with Crippen molar-refractivity contribution in [3.63, 3.8) is 0 Å². The predicted octanol–water partition coefficient (Wildman–Crippen LogP) is 31.2. The SMILES string of the molecule is CC(C)C12CC3CC(CC(O)(C3)C1)C2.CC(C)C12CCC(C(=O)NCC(C)(C)O)(CC1)CC2.CC(C)C12CCC(C)(CC1)C2.CC(C)C12CCC(C)(CC1)C2.CC(C)C12CCC(C)(CC1)CC2.CC(C)C1CCN(Cc2ccccc2)CC1.CC(C)C1CCc2[nH]ccc2C1.CC(C)C1CCc2ncnn2CC1.CNC(=O)C12CCC(C(C)C)(CC1)CC2.Cc1nc2c(s1)CC(C(C)C)CC2. The second-order valence-corrected chi connectivity index (χ2v) is 56.6. The molecule has 3 aromatic heterocycles. The third-order valence-corrected chi connectivity index (χ3v) is 44.1. The summed E-state index contributed by atoms with van der Waals surface area (Å²) in [4.78, 5) is 40.7. The Balaban J connectivity index is 0.000000136. The lowest BCUT2D eigenvalue weighted by Gasteiger charge is -2.62. The van der Waals surface area contributed by atoms with Crippen LogP contribution in [0, 0.1) is 161 Å². The molecule has 25 rings (SSSR count). The van der Waals surface area contributed by atoms with E-state index in [9.17, 15) is 19.8 Å². The number of carbonyl (C=O) groups excluding carboxylic acids is 2. The topological polar surface area (TPSA) is 161 Å². The normalized spacial score (nSPS) is 35.6. The molecule has 772 valence electrons. The van der Waals surface area contributed by atoms with Crippen LogP contribution < -0.4 is 10.6 Å². The molecule has 17 saturated carbocycles. The number of rotatable bonds is 16. The van der Waals surface area contributed by atoms with Crippen molar-refractivity contribution < 1.29 is 19.8 Å². The van der Waals surface area contributed by atoms with E-state index in [1.54, 1.807) is 37.7 Å². The monoisotopic (exact) mass is 1900 g/mol. The predicted molar refractivity (Wildman–Crippen MR) is 574 cm³/mol. The number of nitrogens with zero attached hydrogens (tertiary/aromatic N) is 5. The largest absolute Gasteiger partial charge is 0.390 e. The Morgan fingerprint density at radius 1 is 0.478 bits per heavy atom. The van der Waals surface area contributed by atoms with Crippen LogP contribution in [-0.2, 0) is 54.8 Å². The molecule has 2 amide bonds. The van der Waals surface area contributed by atoms with Crippen LogP contribution in [0.1, 0.15) is 468 Å². The minimum absolute atomic E-state index is 0.00535. The number of H-pyrrole nitrogens is 1. The zero-order chi connectivity index (χ0) is 99.1. The Bertz CT molecular complexity index is 4170. The average molecular weight is 1900 g/mol. The van der Waals surface area contributed by atoms with Crippen molar-refractivity contribution in [1.29, 1.82) is 0 Å². The molecule has 5 unspecified atom stereocenters. The molecule has 1 aromatic carbocycles. The number of benzene rings is 1. The second kappa shape index (κ2) is 45.8. The van der Waals surface area contributed by atoms with Crippen molar-refractivity contribution in [2.24, 2.45) is 154 Å². The van der Waals surface area contributed by atoms with Gasteiger partial charge in [-0.2, -0.15) is 5.10 Å². The molecule has 12 nitrogen and oxygen atoms in total. The number of hydrogen-bond acceptors (Lipinski definition) is 9. The molecule has 5 N–H and O–H groups in total. The molecule has 4 aromatic rings. The minimum atomic E-state index is -0.822. The number of aryl methyl sites for hydroxylation is 5. The van der Waals surface area contributed by atoms with Crippen molar-refractivity contribution >= 4 is 23.2 Å². The molecule has 19 aliphatic carbocycles. The van der Waals surface area contributed by atoms with Crippen LogP contribution in [0.5, 0.6) is 0 Å². The molecule has 18 fully saturated rings. The summed E-state index contributed by atoms with van der Waals surface area (Å²) in [5.74, 6) is 15.3. The fourth-order valence-corrected chi connectivity index (χ4v) is 32.5. The van der Waals surface area contributed by atoms with Gasteiger partial charge in [0, 0.05) is 60.7 Å². The number of likely N-dealkylation sites (tertiary alicyclic amines) is 1. The lowest BCUT2D eigenvalue weighted by Crippen LogP contribution is -2.57. The van der Waals surface area contributed by atoms with E-state index in [4.69, 9.17) is 0 Å². The quantitative estimate of drug-likeness (QED) is 0.0741. The maximum absolute atomic E-state index is 12.5. The van der Waals surface area contributed by atoms with Gasteiger partial charge in [0.15, 0.2) is 0 Å². The van der Waals surface area contributed by atoms with Gasteiger partial charge >= 0.3 is 0 Å². The number of hydrogen-bond donors (Lipinski definition) is 5. The van der Waals surface area contributed by atoms with Crippen LogP contribution in [0.25, 0.3) is 0 Å². The highest BCUT2D eigenvalue weighted by molar-refractivity contribution is 7.11. The molecule has 14 bridgehead atoms. The fourth-order valence-electron chi connectivity index (χ4n) is 31.4. The number of thiazole rings is 1. The minimum Gasteiger partial charge on any atom is -0.390 e. The van der Waals surface area contributed by atoms with E-state index in [0.717, 1.165) is 204 Å². The van der Waals surface area contributed by atoms with Gasteiger partial charge in [0.2, 0.25) is 11.8 Å².